The summed E-state index contributed by atoms with van der Waals surface area (Å²) >= 11 is 1.64. The third kappa shape index (κ3) is 4.18. The summed E-state index contributed by atoms with van der Waals surface area (Å²) in [7, 11) is 0. The molecule has 0 bridgehead atoms. The number of rotatable bonds is 6. The molecule has 2 rings (SSSR count). The van der Waals surface area contributed by atoms with Gasteiger partial charge in [0.15, 0.2) is 0 Å². The van der Waals surface area contributed by atoms with Crippen LogP contribution in [0.5, 0.6) is 0 Å². The van der Waals surface area contributed by atoms with Gasteiger partial charge in [0.1, 0.15) is 0 Å². The molecule has 1 heterocycles. The summed E-state index contributed by atoms with van der Waals surface area (Å²) in [6.07, 6.45) is 1.48. The predicted octanol–water partition coefficient (Wildman–Crippen LogP) is 2.89. The van der Waals surface area contributed by atoms with Crippen LogP contribution in [0.15, 0.2) is 47.8 Å². The van der Waals surface area contributed by atoms with Crippen LogP contribution in [0.2, 0.25) is 0 Å². The van der Waals surface area contributed by atoms with Crippen LogP contribution < -0.4 is 11.1 Å². The van der Waals surface area contributed by atoms with Gasteiger partial charge in [-0.2, -0.15) is 0 Å². The molecule has 0 aliphatic rings. The quantitative estimate of drug-likeness (QED) is 0.858. The van der Waals surface area contributed by atoms with Crippen LogP contribution in [0, 0.1) is 0 Å². The molecule has 1 aromatic heterocycles. The monoisotopic (exact) mass is 288 g/mol. The number of carbonyl (C=O) groups excluding carboxylic acids is 1. The van der Waals surface area contributed by atoms with E-state index in [1.807, 2.05) is 42.6 Å². The Morgan fingerprint density at radius 2 is 2.00 bits per heavy atom. The maximum Gasteiger partial charge on any atom is 0.237 e. The third-order valence-corrected chi connectivity index (χ3v) is 4.31. The third-order valence-electron chi connectivity index (χ3n) is 3.25. The molecule has 4 heteroatoms. The summed E-state index contributed by atoms with van der Waals surface area (Å²) in [6.45, 7) is 1.98. The van der Waals surface area contributed by atoms with Gasteiger partial charge >= 0.3 is 0 Å². The van der Waals surface area contributed by atoms with Crippen molar-refractivity contribution in [3.63, 3.8) is 0 Å². The Morgan fingerprint density at radius 1 is 1.25 bits per heavy atom. The van der Waals surface area contributed by atoms with Gasteiger partial charge in [0.25, 0.3) is 0 Å². The minimum absolute atomic E-state index is 0.0188. The molecule has 0 aliphatic carbocycles. The van der Waals surface area contributed by atoms with E-state index in [1.54, 1.807) is 11.3 Å². The standard InChI is InChI=1S/C16H20N2OS/c1-12(15-8-5-11-20-15)18-16(19)14(17)10-9-13-6-3-2-4-7-13/h2-8,11-12,14H,9-10,17H2,1H3,(H,18,19)/t12?,14-/m0/s1. The Balaban J connectivity index is 1.80. The molecule has 2 atom stereocenters. The molecule has 3 nitrogen and oxygen atoms in total. The summed E-state index contributed by atoms with van der Waals surface area (Å²) in [5, 5.41) is 4.97. The van der Waals surface area contributed by atoms with Gasteiger partial charge < -0.3 is 11.1 Å². The van der Waals surface area contributed by atoms with Gasteiger partial charge in [-0.3, -0.25) is 4.79 Å². The van der Waals surface area contributed by atoms with Crippen LogP contribution in [-0.2, 0) is 11.2 Å². The number of hydrogen-bond acceptors (Lipinski definition) is 3. The van der Waals surface area contributed by atoms with E-state index in [4.69, 9.17) is 5.73 Å². The van der Waals surface area contributed by atoms with Crippen LogP contribution in [0.1, 0.15) is 29.8 Å². The molecule has 2 aromatic rings. The Morgan fingerprint density at radius 3 is 2.65 bits per heavy atom. The Hall–Kier alpha value is -1.65. The number of nitrogens with one attached hydrogen (secondary N) is 1. The van der Waals surface area contributed by atoms with E-state index in [-0.39, 0.29) is 11.9 Å². The van der Waals surface area contributed by atoms with Gasteiger partial charge in [-0.1, -0.05) is 36.4 Å². The zero-order valence-electron chi connectivity index (χ0n) is 11.6. The van der Waals surface area contributed by atoms with Crippen molar-refractivity contribution < 1.29 is 4.79 Å². The van der Waals surface area contributed by atoms with E-state index in [2.05, 4.69) is 17.4 Å². The maximum atomic E-state index is 12.0. The molecule has 20 heavy (non-hydrogen) atoms. The summed E-state index contributed by atoms with van der Waals surface area (Å²) in [4.78, 5) is 13.2. The molecule has 0 fully saturated rings. The number of amides is 1. The van der Waals surface area contributed by atoms with Crippen molar-refractivity contribution in [2.75, 3.05) is 0 Å². The largest absolute Gasteiger partial charge is 0.347 e. The lowest BCUT2D eigenvalue weighted by Gasteiger charge is -2.16. The Kier molecular flexibility index (Phi) is 5.32. The fourth-order valence-electron chi connectivity index (χ4n) is 2.03. The molecule has 0 radical (unpaired) electrons. The van der Waals surface area contributed by atoms with Crippen LogP contribution in [0.3, 0.4) is 0 Å². The molecule has 0 spiro atoms. The van der Waals surface area contributed by atoms with E-state index in [0.717, 1.165) is 11.3 Å². The van der Waals surface area contributed by atoms with Gasteiger partial charge in [0.05, 0.1) is 12.1 Å². The molecule has 0 aliphatic heterocycles. The Labute approximate surface area is 123 Å². The number of carbonyl (C=O) groups is 1. The zero-order chi connectivity index (χ0) is 14.4. The first-order chi connectivity index (χ1) is 9.66. The van der Waals surface area contributed by atoms with E-state index < -0.39 is 6.04 Å². The summed E-state index contributed by atoms with van der Waals surface area (Å²) in [5.74, 6) is -0.0816. The number of thiophene rings is 1. The first kappa shape index (κ1) is 14.8. The molecule has 1 aromatic carbocycles. The summed E-state index contributed by atoms with van der Waals surface area (Å²) in [5.41, 5.74) is 7.17. The lowest BCUT2D eigenvalue weighted by atomic mass is 10.1. The van der Waals surface area contributed by atoms with Crippen LogP contribution in [-0.4, -0.2) is 11.9 Å². The van der Waals surface area contributed by atoms with Crippen molar-refractivity contribution in [1.29, 1.82) is 0 Å². The number of benzene rings is 1. The molecule has 3 N–H and O–H groups in total. The topological polar surface area (TPSA) is 55.1 Å². The fourth-order valence-corrected chi connectivity index (χ4v) is 2.76. The number of hydrogen-bond donors (Lipinski definition) is 2. The minimum Gasteiger partial charge on any atom is -0.347 e. The second kappa shape index (κ2) is 7.22. The van der Waals surface area contributed by atoms with Crippen molar-refractivity contribution in [1.82, 2.24) is 5.32 Å². The maximum absolute atomic E-state index is 12.0. The Bertz CT molecular complexity index is 525. The molecular weight excluding hydrogens is 268 g/mol. The fraction of sp³-hybridized carbons (Fsp3) is 0.312. The SMILES string of the molecule is CC(NC(=O)[C@@H](N)CCc1ccccc1)c1cccs1. The van der Waals surface area contributed by atoms with E-state index in [0.29, 0.717) is 6.42 Å². The van der Waals surface area contributed by atoms with E-state index in [1.165, 1.54) is 5.56 Å². The van der Waals surface area contributed by atoms with Crippen molar-refractivity contribution in [3.8, 4) is 0 Å². The van der Waals surface area contributed by atoms with Gasteiger partial charge in [-0.15, -0.1) is 11.3 Å². The highest BCUT2D eigenvalue weighted by Gasteiger charge is 2.16. The van der Waals surface area contributed by atoms with Gasteiger partial charge in [0.2, 0.25) is 5.91 Å². The van der Waals surface area contributed by atoms with Crippen molar-refractivity contribution >= 4 is 17.2 Å². The molecular formula is C16H20N2OS. The molecule has 1 unspecified atom stereocenters. The van der Waals surface area contributed by atoms with Crippen molar-refractivity contribution in [2.45, 2.75) is 31.8 Å². The van der Waals surface area contributed by atoms with Gasteiger partial charge in [0, 0.05) is 4.88 Å². The first-order valence-electron chi connectivity index (χ1n) is 6.80. The van der Waals surface area contributed by atoms with Crippen LogP contribution in [0.4, 0.5) is 0 Å². The first-order valence-corrected chi connectivity index (χ1v) is 7.68. The molecule has 0 saturated heterocycles. The van der Waals surface area contributed by atoms with E-state index >= 15 is 0 Å². The summed E-state index contributed by atoms with van der Waals surface area (Å²) < 4.78 is 0. The summed E-state index contributed by atoms with van der Waals surface area (Å²) in [6, 6.07) is 13.7. The smallest absolute Gasteiger partial charge is 0.237 e. The minimum atomic E-state index is -0.461. The van der Waals surface area contributed by atoms with E-state index in [9.17, 15) is 4.79 Å². The normalized spacial score (nSPS) is 13.7. The van der Waals surface area contributed by atoms with Gasteiger partial charge in [-0.05, 0) is 36.8 Å². The second-order valence-corrected chi connectivity index (χ2v) is 5.86. The van der Waals surface area contributed by atoms with Gasteiger partial charge in [-0.25, -0.2) is 0 Å². The predicted molar refractivity (Wildman–Crippen MR) is 83.6 cm³/mol. The zero-order valence-corrected chi connectivity index (χ0v) is 12.4. The highest BCUT2D eigenvalue weighted by atomic mass is 32.1. The highest BCUT2D eigenvalue weighted by molar-refractivity contribution is 7.10. The second-order valence-electron chi connectivity index (χ2n) is 4.88. The molecule has 106 valence electrons. The van der Waals surface area contributed by atoms with Crippen molar-refractivity contribution in [2.24, 2.45) is 5.73 Å². The number of aryl methyl sites for hydroxylation is 1. The van der Waals surface area contributed by atoms with Crippen molar-refractivity contribution in [3.05, 3.63) is 58.3 Å². The number of nitrogens with two attached hydrogens (primary N) is 1. The van der Waals surface area contributed by atoms with Crippen LogP contribution in [0.25, 0.3) is 0 Å². The average Bonchev–Trinajstić information content (AvgIpc) is 3.00. The average molecular weight is 288 g/mol. The lowest BCUT2D eigenvalue weighted by Crippen LogP contribution is -2.41. The molecule has 0 saturated carbocycles. The lowest BCUT2D eigenvalue weighted by molar-refractivity contribution is -0.123. The highest BCUT2D eigenvalue weighted by Crippen LogP contribution is 2.18. The molecule has 1 amide bonds. The van der Waals surface area contributed by atoms with Crippen LogP contribution >= 0.6 is 11.3 Å².